The van der Waals surface area contributed by atoms with Gasteiger partial charge in [-0.15, -0.1) is 0 Å². The van der Waals surface area contributed by atoms with E-state index in [0.717, 1.165) is 5.56 Å². The number of rotatable bonds is 13. The van der Waals surface area contributed by atoms with Gasteiger partial charge in [-0.25, -0.2) is 8.42 Å². The van der Waals surface area contributed by atoms with E-state index in [1.54, 1.807) is 30.3 Å². The smallest absolute Gasteiger partial charge is 0.323 e. The number of aliphatic carboxylic acids is 1. The summed E-state index contributed by atoms with van der Waals surface area (Å²) in [4.78, 5) is 40.3. The second-order valence-electron chi connectivity index (χ2n) is 8.40. The molecule has 3 rings (SSSR count). The first-order chi connectivity index (χ1) is 18.7. The fourth-order valence-electron chi connectivity index (χ4n) is 3.37. The molecule has 0 aliphatic rings. The number of nitrogens with zero attached hydrogens (tertiary/aromatic N) is 1. The minimum Gasteiger partial charge on any atom is -0.480 e. The summed E-state index contributed by atoms with van der Waals surface area (Å²) in [5.74, 6) is -2.07. The molecule has 0 unspecified atom stereocenters. The predicted molar refractivity (Wildman–Crippen MR) is 145 cm³/mol. The molecular weight excluding hydrogens is 522 g/mol. The van der Waals surface area contributed by atoms with Crippen LogP contribution in [0, 0.1) is 0 Å². The first kappa shape index (κ1) is 29.0. The number of sulfonamides is 1. The zero-order valence-electron chi connectivity index (χ0n) is 20.9. The third-order valence-corrected chi connectivity index (χ3v) is 7.00. The summed E-state index contributed by atoms with van der Waals surface area (Å²) >= 11 is 0. The second-order valence-corrected chi connectivity index (χ2v) is 10.1. The standard InChI is InChI=1S/C27H29N5O6S/c28-25(31-17-19-7-3-1-4-8-19)20-11-13-21(14-12-20)26(34)29-16-15-24(33)30-18-23(27(35)36)32-39(37,38)22-9-5-2-6-10-22/h1-14,23,32H,15-18H2,(H2,28,31)(H,29,34)(H,30,33)(H,35,36)/t23-/m0/s1. The van der Waals surface area contributed by atoms with Crippen LogP contribution < -0.4 is 21.1 Å². The fraction of sp³-hybridized carbons (Fsp3) is 0.185. The molecule has 12 heteroatoms. The van der Waals surface area contributed by atoms with Crippen molar-refractivity contribution in [1.82, 2.24) is 15.4 Å². The molecule has 3 aromatic carbocycles. The molecule has 204 valence electrons. The molecule has 1 atom stereocenters. The maximum Gasteiger partial charge on any atom is 0.323 e. The monoisotopic (exact) mass is 551 g/mol. The van der Waals surface area contributed by atoms with Crippen LogP contribution in [0.15, 0.2) is 94.8 Å². The summed E-state index contributed by atoms with van der Waals surface area (Å²) in [5, 5.41) is 14.3. The molecule has 0 aliphatic heterocycles. The molecule has 0 saturated heterocycles. The van der Waals surface area contributed by atoms with Crippen molar-refractivity contribution in [2.24, 2.45) is 10.7 Å². The Labute approximate surface area is 226 Å². The van der Waals surface area contributed by atoms with Gasteiger partial charge in [-0.3, -0.25) is 19.4 Å². The first-order valence-electron chi connectivity index (χ1n) is 11.9. The molecule has 0 saturated carbocycles. The van der Waals surface area contributed by atoms with E-state index < -0.39 is 40.4 Å². The minimum atomic E-state index is -4.09. The van der Waals surface area contributed by atoms with Gasteiger partial charge in [-0.1, -0.05) is 60.7 Å². The van der Waals surface area contributed by atoms with Crippen LogP contribution in [-0.4, -0.2) is 56.3 Å². The van der Waals surface area contributed by atoms with Crippen molar-refractivity contribution >= 4 is 33.6 Å². The molecule has 0 heterocycles. The normalized spacial score (nSPS) is 12.4. The van der Waals surface area contributed by atoms with Crippen LogP contribution in [0.4, 0.5) is 0 Å². The molecule has 3 aromatic rings. The lowest BCUT2D eigenvalue weighted by atomic mass is 10.1. The zero-order chi connectivity index (χ0) is 28.3. The Hall–Kier alpha value is -4.55. The van der Waals surface area contributed by atoms with Crippen LogP contribution in [-0.2, 0) is 26.2 Å². The van der Waals surface area contributed by atoms with Gasteiger partial charge in [-0.2, -0.15) is 4.72 Å². The van der Waals surface area contributed by atoms with Crippen LogP contribution in [0.1, 0.15) is 27.9 Å². The number of nitrogens with two attached hydrogens (primary N) is 1. The maximum absolute atomic E-state index is 12.4. The van der Waals surface area contributed by atoms with E-state index in [0.29, 0.717) is 23.5 Å². The van der Waals surface area contributed by atoms with Crippen LogP contribution in [0.2, 0.25) is 0 Å². The lowest BCUT2D eigenvalue weighted by Gasteiger charge is -2.15. The van der Waals surface area contributed by atoms with Gasteiger partial charge in [0.1, 0.15) is 11.9 Å². The zero-order valence-corrected chi connectivity index (χ0v) is 21.7. The number of benzene rings is 3. The van der Waals surface area contributed by atoms with Gasteiger partial charge in [0.05, 0.1) is 11.4 Å². The van der Waals surface area contributed by atoms with Crippen molar-refractivity contribution < 1.29 is 27.9 Å². The van der Waals surface area contributed by atoms with Crippen molar-refractivity contribution in [2.45, 2.75) is 23.9 Å². The Bertz CT molecular complexity index is 1410. The first-order valence-corrected chi connectivity index (χ1v) is 13.4. The number of aliphatic imine (C=N–C) groups is 1. The van der Waals surface area contributed by atoms with E-state index in [2.05, 4.69) is 20.3 Å². The maximum atomic E-state index is 12.4. The van der Waals surface area contributed by atoms with Crippen LogP contribution in [0.5, 0.6) is 0 Å². The molecule has 39 heavy (non-hydrogen) atoms. The van der Waals surface area contributed by atoms with Gasteiger partial charge in [0.2, 0.25) is 15.9 Å². The number of hydrogen-bond donors (Lipinski definition) is 5. The topological polar surface area (TPSA) is 180 Å². The van der Waals surface area contributed by atoms with Crippen molar-refractivity contribution in [3.63, 3.8) is 0 Å². The van der Waals surface area contributed by atoms with Crippen molar-refractivity contribution in [3.05, 3.63) is 102 Å². The van der Waals surface area contributed by atoms with E-state index in [4.69, 9.17) is 5.73 Å². The molecular formula is C27H29N5O6S. The van der Waals surface area contributed by atoms with E-state index in [-0.39, 0.29) is 17.9 Å². The molecule has 0 fully saturated rings. The van der Waals surface area contributed by atoms with Gasteiger partial charge < -0.3 is 21.5 Å². The minimum absolute atomic E-state index is 0.0133. The molecule has 0 spiro atoms. The summed E-state index contributed by atoms with van der Waals surface area (Å²) in [7, 11) is -4.09. The van der Waals surface area contributed by atoms with Gasteiger partial charge in [0.15, 0.2) is 0 Å². The van der Waals surface area contributed by atoms with Crippen molar-refractivity contribution in [3.8, 4) is 0 Å². The average molecular weight is 552 g/mol. The highest BCUT2D eigenvalue weighted by molar-refractivity contribution is 7.89. The highest BCUT2D eigenvalue weighted by Crippen LogP contribution is 2.09. The SMILES string of the molecule is NC(=NCc1ccccc1)c1ccc(C(=O)NCCC(=O)NC[C@H](NS(=O)(=O)c2ccccc2)C(=O)O)cc1. The molecule has 0 aliphatic carbocycles. The van der Waals surface area contributed by atoms with E-state index in [1.807, 2.05) is 30.3 Å². The van der Waals surface area contributed by atoms with Crippen LogP contribution in [0.25, 0.3) is 0 Å². The number of nitrogens with one attached hydrogen (secondary N) is 3. The third kappa shape index (κ3) is 9.05. The number of hydrogen-bond acceptors (Lipinski definition) is 6. The molecule has 11 nitrogen and oxygen atoms in total. The van der Waals surface area contributed by atoms with Crippen LogP contribution >= 0.6 is 0 Å². The van der Waals surface area contributed by atoms with Gasteiger partial charge >= 0.3 is 5.97 Å². The Balaban J connectivity index is 1.44. The number of carbonyl (C=O) groups is 3. The predicted octanol–water partition coefficient (Wildman–Crippen LogP) is 1.26. The van der Waals surface area contributed by atoms with Crippen molar-refractivity contribution in [2.75, 3.05) is 13.1 Å². The Kier molecular flexibility index (Phi) is 10.3. The Morgan fingerprint density at radius 2 is 1.44 bits per heavy atom. The number of amides is 2. The van der Waals surface area contributed by atoms with Gasteiger partial charge in [0.25, 0.3) is 5.91 Å². The number of carboxylic acids is 1. The van der Waals surface area contributed by atoms with Gasteiger partial charge in [-0.05, 0) is 29.8 Å². The summed E-state index contributed by atoms with van der Waals surface area (Å²) < 4.78 is 26.8. The summed E-state index contributed by atoms with van der Waals surface area (Å²) in [5.41, 5.74) is 8.09. The highest BCUT2D eigenvalue weighted by Gasteiger charge is 2.25. The molecule has 6 N–H and O–H groups in total. The van der Waals surface area contributed by atoms with E-state index >= 15 is 0 Å². The molecule has 0 bridgehead atoms. The Morgan fingerprint density at radius 3 is 2.05 bits per heavy atom. The lowest BCUT2D eigenvalue weighted by molar-refractivity contribution is -0.138. The third-order valence-electron chi connectivity index (χ3n) is 5.51. The second kappa shape index (κ2) is 13.8. The summed E-state index contributed by atoms with van der Waals surface area (Å²) in [6, 6.07) is 21.9. The molecule has 0 aromatic heterocycles. The lowest BCUT2D eigenvalue weighted by Crippen LogP contribution is -2.48. The number of carbonyl (C=O) groups excluding carboxylic acids is 2. The van der Waals surface area contributed by atoms with Gasteiger partial charge in [0, 0.05) is 30.6 Å². The molecule has 0 radical (unpaired) electrons. The largest absolute Gasteiger partial charge is 0.480 e. The Morgan fingerprint density at radius 1 is 0.846 bits per heavy atom. The summed E-state index contributed by atoms with van der Waals surface area (Å²) in [6.07, 6.45) is -0.138. The number of carboxylic acid groups (broad SMARTS) is 1. The fourth-order valence-corrected chi connectivity index (χ4v) is 4.58. The van der Waals surface area contributed by atoms with Crippen molar-refractivity contribution in [1.29, 1.82) is 0 Å². The quantitative estimate of drug-likeness (QED) is 0.157. The van der Waals surface area contributed by atoms with E-state index in [9.17, 15) is 27.9 Å². The number of amidine groups is 1. The average Bonchev–Trinajstić information content (AvgIpc) is 2.94. The molecule has 2 amide bonds. The van der Waals surface area contributed by atoms with Crippen LogP contribution in [0.3, 0.4) is 0 Å². The summed E-state index contributed by atoms with van der Waals surface area (Å²) in [6.45, 7) is -0.0491. The highest BCUT2D eigenvalue weighted by atomic mass is 32.2. The van der Waals surface area contributed by atoms with E-state index in [1.165, 1.54) is 24.3 Å².